The lowest BCUT2D eigenvalue weighted by atomic mass is 10.2. The van der Waals surface area contributed by atoms with Crippen molar-refractivity contribution in [3.05, 3.63) is 63.1 Å². The quantitative estimate of drug-likeness (QED) is 0.677. The molecule has 0 atom stereocenters. The van der Waals surface area contributed by atoms with Crippen molar-refractivity contribution >= 4 is 39.2 Å². The summed E-state index contributed by atoms with van der Waals surface area (Å²) < 4.78 is 6.11. The highest BCUT2D eigenvalue weighted by molar-refractivity contribution is 9.10. The number of hydrogen-bond donors (Lipinski definition) is 1. The van der Waals surface area contributed by atoms with Crippen LogP contribution in [-0.4, -0.2) is 5.97 Å². The van der Waals surface area contributed by atoms with Crippen LogP contribution in [0, 0.1) is 0 Å². The lowest BCUT2D eigenvalue weighted by Gasteiger charge is -2.08. The maximum atomic E-state index is 11.9. The highest BCUT2D eigenvalue weighted by atomic mass is 79.9. The average molecular weight is 341 g/mol. The zero-order valence-corrected chi connectivity index (χ0v) is 12.2. The number of esters is 1. The normalized spacial score (nSPS) is 10.2. The Labute approximate surface area is 124 Å². The van der Waals surface area contributed by atoms with Crippen LogP contribution in [0.1, 0.15) is 15.9 Å². The number of benzene rings is 2. The fourth-order valence-electron chi connectivity index (χ4n) is 1.54. The first kappa shape index (κ1) is 13.9. The molecule has 0 unspecified atom stereocenters. The summed E-state index contributed by atoms with van der Waals surface area (Å²) in [5, 5.41) is 0.325. The maximum absolute atomic E-state index is 11.9. The van der Waals surface area contributed by atoms with E-state index in [1.807, 2.05) is 24.3 Å². The highest BCUT2D eigenvalue weighted by Crippen LogP contribution is 2.21. The minimum absolute atomic E-state index is 0.172. The molecule has 3 nitrogen and oxygen atoms in total. The van der Waals surface area contributed by atoms with Gasteiger partial charge in [-0.25, -0.2) is 4.79 Å². The molecule has 0 aliphatic heterocycles. The third-order valence-electron chi connectivity index (χ3n) is 2.53. The van der Waals surface area contributed by atoms with Gasteiger partial charge in [-0.3, -0.25) is 0 Å². The van der Waals surface area contributed by atoms with Crippen molar-refractivity contribution in [1.82, 2.24) is 0 Å². The number of nitrogens with two attached hydrogens (primary N) is 1. The molecule has 0 bridgehead atoms. The van der Waals surface area contributed by atoms with Gasteiger partial charge < -0.3 is 10.5 Å². The van der Waals surface area contributed by atoms with Crippen LogP contribution in [0.3, 0.4) is 0 Å². The van der Waals surface area contributed by atoms with Crippen LogP contribution in [0.2, 0.25) is 5.02 Å². The van der Waals surface area contributed by atoms with Gasteiger partial charge in [0, 0.05) is 15.7 Å². The number of rotatable bonds is 3. The third kappa shape index (κ3) is 3.49. The molecule has 5 heteroatoms. The number of carbonyl (C=O) groups excluding carboxylic acids is 1. The Morgan fingerprint density at radius 2 is 2.00 bits per heavy atom. The molecule has 98 valence electrons. The zero-order valence-electron chi connectivity index (χ0n) is 9.90. The van der Waals surface area contributed by atoms with E-state index in [0.29, 0.717) is 10.7 Å². The van der Waals surface area contributed by atoms with Crippen molar-refractivity contribution in [2.24, 2.45) is 0 Å². The molecule has 2 aromatic rings. The van der Waals surface area contributed by atoms with E-state index in [4.69, 9.17) is 22.1 Å². The van der Waals surface area contributed by atoms with E-state index in [9.17, 15) is 4.79 Å². The Kier molecular flexibility index (Phi) is 4.45. The minimum Gasteiger partial charge on any atom is -0.457 e. The molecule has 0 amide bonds. The van der Waals surface area contributed by atoms with Crippen molar-refractivity contribution in [2.45, 2.75) is 6.61 Å². The van der Waals surface area contributed by atoms with E-state index in [2.05, 4.69) is 15.9 Å². The van der Waals surface area contributed by atoms with Crippen molar-refractivity contribution in [3.63, 3.8) is 0 Å². The van der Waals surface area contributed by atoms with Gasteiger partial charge in [0.15, 0.2) is 0 Å². The molecule has 0 heterocycles. The molecule has 0 spiro atoms. The summed E-state index contributed by atoms with van der Waals surface area (Å²) >= 11 is 9.33. The van der Waals surface area contributed by atoms with Gasteiger partial charge in [-0.05, 0) is 24.3 Å². The van der Waals surface area contributed by atoms with Crippen LogP contribution in [0.25, 0.3) is 0 Å². The highest BCUT2D eigenvalue weighted by Gasteiger charge is 2.13. The lowest BCUT2D eigenvalue weighted by Crippen LogP contribution is -2.07. The molecule has 0 aliphatic rings. The summed E-state index contributed by atoms with van der Waals surface area (Å²) in [6, 6.07) is 12.2. The smallest absolute Gasteiger partial charge is 0.340 e. The monoisotopic (exact) mass is 339 g/mol. The van der Waals surface area contributed by atoms with E-state index >= 15 is 0 Å². The fraction of sp³-hybridized carbons (Fsp3) is 0.0714. The summed E-state index contributed by atoms with van der Waals surface area (Å²) in [4.78, 5) is 11.9. The van der Waals surface area contributed by atoms with Gasteiger partial charge in [0.25, 0.3) is 0 Å². The molecule has 0 saturated carbocycles. The molecule has 0 fully saturated rings. The molecule has 2 N–H and O–H groups in total. The summed E-state index contributed by atoms with van der Waals surface area (Å²) in [6.07, 6.45) is 0. The molecular weight excluding hydrogens is 330 g/mol. The molecule has 2 aromatic carbocycles. The van der Waals surface area contributed by atoms with Crippen LogP contribution in [-0.2, 0) is 11.3 Å². The van der Waals surface area contributed by atoms with Crippen molar-refractivity contribution in [3.8, 4) is 0 Å². The predicted octanol–water partition coefficient (Wildman–Crippen LogP) is 4.04. The fourth-order valence-corrected chi connectivity index (χ4v) is 2.13. The predicted molar refractivity (Wildman–Crippen MR) is 79.1 cm³/mol. The second kappa shape index (κ2) is 6.08. The number of nitrogen functional groups attached to an aromatic ring is 1. The molecule has 19 heavy (non-hydrogen) atoms. The number of anilines is 1. The van der Waals surface area contributed by atoms with E-state index in [1.165, 1.54) is 6.07 Å². The Hall–Kier alpha value is -1.52. The molecule has 0 saturated heterocycles. The summed E-state index contributed by atoms with van der Waals surface area (Å²) in [6.45, 7) is 0.172. The first-order chi connectivity index (χ1) is 9.08. The van der Waals surface area contributed by atoms with Crippen molar-refractivity contribution < 1.29 is 9.53 Å². The topological polar surface area (TPSA) is 52.3 Å². The van der Waals surface area contributed by atoms with Gasteiger partial charge >= 0.3 is 5.97 Å². The van der Waals surface area contributed by atoms with Crippen LogP contribution in [0.15, 0.2) is 46.9 Å². The molecule has 0 radical (unpaired) electrons. The van der Waals surface area contributed by atoms with Crippen LogP contribution in [0.4, 0.5) is 5.69 Å². The second-order valence-corrected chi connectivity index (χ2v) is 5.17. The second-order valence-electron chi connectivity index (χ2n) is 3.91. The van der Waals surface area contributed by atoms with Gasteiger partial charge in [0.1, 0.15) is 6.61 Å². The van der Waals surface area contributed by atoms with Crippen molar-refractivity contribution in [1.29, 1.82) is 0 Å². The summed E-state index contributed by atoms with van der Waals surface area (Å²) in [5.74, 6) is -0.493. The number of carbonyl (C=O) groups is 1. The Morgan fingerprint density at radius 3 is 2.74 bits per heavy atom. The standard InChI is InChI=1S/C14H11BrClNO2/c15-12-4-2-1-3-9(12)8-19-14(18)11-7-10(17)5-6-13(11)16/h1-7H,8,17H2. The zero-order chi connectivity index (χ0) is 13.8. The van der Waals surface area contributed by atoms with Gasteiger partial charge in [-0.15, -0.1) is 0 Å². The van der Waals surface area contributed by atoms with Gasteiger partial charge in [0.2, 0.25) is 0 Å². The number of halogens is 2. The van der Waals surface area contributed by atoms with Crippen molar-refractivity contribution in [2.75, 3.05) is 5.73 Å². The summed E-state index contributed by atoms with van der Waals surface area (Å²) in [5.41, 5.74) is 7.25. The molecule has 0 aliphatic carbocycles. The van der Waals surface area contributed by atoms with E-state index in [1.54, 1.807) is 12.1 Å². The first-order valence-electron chi connectivity index (χ1n) is 5.53. The SMILES string of the molecule is Nc1ccc(Cl)c(C(=O)OCc2ccccc2Br)c1. The lowest BCUT2D eigenvalue weighted by molar-refractivity contribution is 0.0472. The third-order valence-corrected chi connectivity index (χ3v) is 3.63. The Morgan fingerprint density at radius 1 is 1.26 bits per heavy atom. The van der Waals surface area contributed by atoms with E-state index < -0.39 is 5.97 Å². The van der Waals surface area contributed by atoms with Gasteiger partial charge in [0.05, 0.1) is 10.6 Å². The Balaban J connectivity index is 2.10. The Bertz CT molecular complexity index is 616. The van der Waals surface area contributed by atoms with Gasteiger partial charge in [-0.1, -0.05) is 45.7 Å². The average Bonchev–Trinajstić information content (AvgIpc) is 2.40. The van der Waals surface area contributed by atoms with E-state index in [0.717, 1.165) is 10.0 Å². The summed E-state index contributed by atoms with van der Waals surface area (Å²) in [7, 11) is 0. The largest absolute Gasteiger partial charge is 0.457 e. The maximum Gasteiger partial charge on any atom is 0.340 e. The van der Waals surface area contributed by atoms with Crippen LogP contribution >= 0.6 is 27.5 Å². The van der Waals surface area contributed by atoms with Gasteiger partial charge in [-0.2, -0.15) is 0 Å². The molecular formula is C14H11BrClNO2. The number of ether oxygens (including phenoxy) is 1. The van der Waals surface area contributed by atoms with E-state index in [-0.39, 0.29) is 12.2 Å². The number of hydrogen-bond acceptors (Lipinski definition) is 3. The first-order valence-corrected chi connectivity index (χ1v) is 6.70. The molecule has 0 aromatic heterocycles. The molecule has 2 rings (SSSR count). The van der Waals surface area contributed by atoms with Crippen LogP contribution < -0.4 is 5.73 Å². The van der Waals surface area contributed by atoms with Crippen LogP contribution in [0.5, 0.6) is 0 Å². The minimum atomic E-state index is -0.493.